The Morgan fingerprint density at radius 1 is 1.21 bits per heavy atom. The van der Waals surface area contributed by atoms with Crippen LogP contribution < -0.4 is 10.6 Å². The summed E-state index contributed by atoms with van der Waals surface area (Å²) >= 11 is 0. The number of halogens is 3. The number of rotatable bonds is 8. The lowest BCUT2D eigenvalue weighted by Gasteiger charge is -2.27. The Bertz CT molecular complexity index is 1340. The highest BCUT2D eigenvalue weighted by molar-refractivity contribution is 6.05. The minimum atomic E-state index is -4.64. The molecule has 204 valence electrons. The van der Waals surface area contributed by atoms with Crippen LogP contribution in [0.25, 0.3) is 16.9 Å². The fraction of sp³-hybridized carbons (Fsp3) is 0.308. The summed E-state index contributed by atoms with van der Waals surface area (Å²) in [7, 11) is 0. The van der Waals surface area contributed by atoms with Crippen molar-refractivity contribution in [2.45, 2.75) is 12.4 Å². The van der Waals surface area contributed by atoms with Crippen LogP contribution in [-0.2, 0) is 20.4 Å². The maximum atomic E-state index is 13.7. The van der Waals surface area contributed by atoms with Gasteiger partial charge >= 0.3 is 6.18 Å². The van der Waals surface area contributed by atoms with Gasteiger partial charge in [0, 0.05) is 43.8 Å². The Morgan fingerprint density at radius 2 is 2.05 bits per heavy atom. The predicted octanol–water partition coefficient (Wildman–Crippen LogP) is 3.00. The van der Waals surface area contributed by atoms with E-state index in [2.05, 4.69) is 30.6 Å². The van der Waals surface area contributed by atoms with E-state index in [-0.39, 0.29) is 23.4 Å². The molecule has 1 saturated heterocycles. The first-order valence-corrected chi connectivity index (χ1v) is 12.3. The van der Waals surface area contributed by atoms with Crippen molar-refractivity contribution in [3.63, 3.8) is 0 Å². The van der Waals surface area contributed by atoms with Gasteiger partial charge in [-0.2, -0.15) is 18.3 Å². The van der Waals surface area contributed by atoms with Gasteiger partial charge in [-0.15, -0.1) is 0 Å². The number of carbonyl (C=O) groups is 1. The van der Waals surface area contributed by atoms with Crippen molar-refractivity contribution in [1.82, 2.24) is 30.0 Å². The molecule has 0 bridgehead atoms. The van der Waals surface area contributed by atoms with E-state index in [0.717, 1.165) is 43.6 Å². The van der Waals surface area contributed by atoms with E-state index in [0.29, 0.717) is 17.7 Å². The molecule has 2 aliphatic rings. The van der Waals surface area contributed by atoms with Crippen molar-refractivity contribution in [2.75, 3.05) is 44.8 Å². The number of nitrogens with one attached hydrogen (secondary N) is 2. The van der Waals surface area contributed by atoms with E-state index in [1.54, 1.807) is 30.5 Å². The third kappa shape index (κ3) is 6.69. The molecule has 0 saturated carbocycles. The molecular formula is C26H26F3N7O3. The molecule has 10 nitrogen and oxygen atoms in total. The van der Waals surface area contributed by atoms with Crippen LogP contribution in [0, 0.1) is 0 Å². The molecular weight excluding hydrogens is 515 g/mol. The second-order valence-corrected chi connectivity index (χ2v) is 8.79. The highest BCUT2D eigenvalue weighted by Gasteiger charge is 2.36. The van der Waals surface area contributed by atoms with E-state index in [1.807, 2.05) is 0 Å². The molecule has 3 aromatic heterocycles. The van der Waals surface area contributed by atoms with Crippen molar-refractivity contribution in [3.05, 3.63) is 78.5 Å². The number of pyridine rings is 2. The zero-order valence-corrected chi connectivity index (χ0v) is 20.8. The highest BCUT2D eigenvalue weighted by Crippen LogP contribution is 2.34. The Hall–Kier alpha value is -4.07. The number of carbonyl (C=O) groups excluding carboxylic acids is 1. The fourth-order valence-corrected chi connectivity index (χ4v) is 4.05. The molecule has 5 rings (SSSR count). The Morgan fingerprint density at radius 3 is 2.72 bits per heavy atom. The van der Waals surface area contributed by atoms with Gasteiger partial charge in [0.1, 0.15) is 17.7 Å². The van der Waals surface area contributed by atoms with Gasteiger partial charge in [0.25, 0.3) is 5.91 Å². The highest BCUT2D eigenvalue weighted by atomic mass is 19.4. The largest absolute Gasteiger partial charge is 0.433 e. The lowest BCUT2D eigenvalue weighted by atomic mass is 10.2. The number of hydrogen-bond donors (Lipinski definition) is 2. The van der Waals surface area contributed by atoms with Crippen LogP contribution in [0.1, 0.15) is 5.69 Å². The average molecular weight is 542 g/mol. The molecule has 39 heavy (non-hydrogen) atoms. The number of ether oxygens (including phenoxy) is 2. The lowest BCUT2D eigenvalue weighted by molar-refractivity contribution is -0.142. The summed E-state index contributed by atoms with van der Waals surface area (Å²) in [6.07, 6.45) is 4.10. The second-order valence-electron chi connectivity index (χ2n) is 8.79. The van der Waals surface area contributed by atoms with Crippen LogP contribution in [0.3, 0.4) is 0 Å². The van der Waals surface area contributed by atoms with E-state index >= 15 is 0 Å². The maximum Gasteiger partial charge on any atom is 0.433 e. The van der Waals surface area contributed by atoms with Crippen molar-refractivity contribution in [3.8, 4) is 16.9 Å². The lowest BCUT2D eigenvalue weighted by Crippen LogP contribution is -2.39. The molecule has 1 atom stereocenters. The number of nitrogens with zero attached hydrogens (tertiary/aromatic N) is 5. The van der Waals surface area contributed by atoms with E-state index in [9.17, 15) is 18.0 Å². The van der Waals surface area contributed by atoms with Gasteiger partial charge in [0.15, 0.2) is 0 Å². The molecule has 5 heterocycles. The van der Waals surface area contributed by atoms with Gasteiger partial charge in [-0.3, -0.25) is 14.7 Å². The van der Waals surface area contributed by atoms with Gasteiger partial charge < -0.3 is 20.1 Å². The van der Waals surface area contributed by atoms with Gasteiger partial charge in [-0.25, -0.2) is 9.67 Å². The molecule has 2 aliphatic heterocycles. The van der Waals surface area contributed by atoms with Crippen LogP contribution in [0.5, 0.6) is 0 Å². The van der Waals surface area contributed by atoms with Gasteiger partial charge in [0.2, 0.25) is 0 Å². The molecule has 2 N–H and O–H groups in total. The van der Waals surface area contributed by atoms with E-state index in [4.69, 9.17) is 9.47 Å². The van der Waals surface area contributed by atoms with Gasteiger partial charge in [0.05, 0.1) is 43.0 Å². The number of alkyl halides is 3. The molecule has 0 aliphatic carbocycles. The van der Waals surface area contributed by atoms with Crippen LogP contribution >= 0.6 is 0 Å². The predicted molar refractivity (Wildman–Crippen MR) is 136 cm³/mol. The zero-order chi connectivity index (χ0) is 27.2. The van der Waals surface area contributed by atoms with Crippen molar-refractivity contribution < 1.29 is 27.4 Å². The van der Waals surface area contributed by atoms with Gasteiger partial charge in [-0.1, -0.05) is 0 Å². The number of hydrogen-bond acceptors (Lipinski definition) is 8. The van der Waals surface area contributed by atoms with Crippen molar-refractivity contribution >= 4 is 11.7 Å². The number of aromatic nitrogens is 4. The van der Waals surface area contributed by atoms with Crippen molar-refractivity contribution in [2.24, 2.45) is 0 Å². The van der Waals surface area contributed by atoms with Gasteiger partial charge in [-0.05, 0) is 42.5 Å². The smallest absolute Gasteiger partial charge is 0.379 e. The minimum Gasteiger partial charge on any atom is -0.379 e. The molecule has 1 unspecified atom stereocenters. The third-order valence-electron chi connectivity index (χ3n) is 6.12. The van der Waals surface area contributed by atoms with Crippen molar-refractivity contribution in [1.29, 1.82) is 0 Å². The Labute approximate surface area is 222 Å². The summed E-state index contributed by atoms with van der Waals surface area (Å²) < 4.78 is 53.0. The maximum absolute atomic E-state index is 13.7. The van der Waals surface area contributed by atoms with Crippen LogP contribution in [0.2, 0.25) is 0 Å². The first-order valence-electron chi connectivity index (χ1n) is 12.3. The molecule has 13 heteroatoms. The molecule has 1 amide bonds. The fourth-order valence-electron chi connectivity index (χ4n) is 4.05. The zero-order valence-electron chi connectivity index (χ0n) is 20.8. The summed E-state index contributed by atoms with van der Waals surface area (Å²) in [6.45, 7) is 4.55. The average Bonchev–Trinajstić information content (AvgIpc) is 3.42. The molecule has 0 aromatic carbocycles. The summed E-state index contributed by atoms with van der Waals surface area (Å²) in [5.74, 6) is -0.255. The molecule has 0 spiro atoms. The molecule has 1 fully saturated rings. The quantitative estimate of drug-likeness (QED) is 0.449. The second kappa shape index (κ2) is 11.8. The number of amides is 1. The normalized spacial score (nSPS) is 17.9. The Balaban J connectivity index is 1.19. The topological polar surface area (TPSA) is 106 Å². The Kier molecular flexibility index (Phi) is 8.00. The molecule has 0 radical (unpaired) electrons. The summed E-state index contributed by atoms with van der Waals surface area (Å²) in [5.41, 5.74) is 0.0584. The number of anilines is 1. The first kappa shape index (κ1) is 26.5. The standard InChI is InChI=1S/C26H26F3N7O3/c27-26(28,29)22-14-21(18-2-1-7-30-15-18)34-36(22)20-4-5-23(31-17-20)33-25(37)19-3-6-24(32-16-19)39-13-10-35-8-11-38-12-9-35/h1-7,14-17,24,32H,8-13H2,(H,31,33,37). The molecule has 3 aromatic rings. The number of dihydropyridines is 1. The van der Waals surface area contributed by atoms with E-state index < -0.39 is 17.8 Å². The summed E-state index contributed by atoms with van der Waals surface area (Å²) in [5, 5.41) is 9.78. The van der Waals surface area contributed by atoms with Crippen LogP contribution in [0.15, 0.2) is 72.8 Å². The van der Waals surface area contributed by atoms with E-state index in [1.165, 1.54) is 30.7 Å². The first-order chi connectivity index (χ1) is 18.9. The van der Waals surface area contributed by atoms with Crippen LogP contribution in [-0.4, -0.2) is 76.2 Å². The van der Waals surface area contributed by atoms with Crippen LogP contribution in [0.4, 0.5) is 19.0 Å². The minimum absolute atomic E-state index is 0.0889. The third-order valence-corrected chi connectivity index (χ3v) is 6.12. The summed E-state index contributed by atoms with van der Waals surface area (Å²) in [6, 6.07) is 7.02. The number of morpholine rings is 1. The monoisotopic (exact) mass is 541 g/mol. The summed E-state index contributed by atoms with van der Waals surface area (Å²) in [4.78, 5) is 23.0. The SMILES string of the molecule is O=C(Nc1ccc(-n2nc(-c3cccnc3)cc2C(F)(F)F)cn1)C1=CNC(OCCN2CCOCC2)C=C1.